The van der Waals surface area contributed by atoms with Crippen molar-refractivity contribution in [3.63, 3.8) is 0 Å². The van der Waals surface area contributed by atoms with Crippen LogP contribution in [0.15, 0.2) is 60.7 Å². The van der Waals surface area contributed by atoms with Gasteiger partial charge in [0.2, 0.25) is 0 Å². The summed E-state index contributed by atoms with van der Waals surface area (Å²) in [5, 5.41) is 1.56. The Hall–Kier alpha value is -2.52. The lowest BCUT2D eigenvalue weighted by atomic mass is 10.1. The fourth-order valence-electron chi connectivity index (χ4n) is 2.56. The molecule has 3 rings (SSSR count). The van der Waals surface area contributed by atoms with Crippen LogP contribution in [0.1, 0.15) is 12.5 Å². The van der Waals surface area contributed by atoms with Gasteiger partial charge in [0.1, 0.15) is 5.15 Å². The molecule has 4 heteroatoms. The van der Waals surface area contributed by atoms with Gasteiger partial charge < -0.3 is 4.74 Å². The molecule has 0 fully saturated rings. The van der Waals surface area contributed by atoms with Crippen molar-refractivity contribution in [2.24, 2.45) is 0 Å². The van der Waals surface area contributed by atoms with E-state index in [1.54, 1.807) is 13.0 Å². The SMILES string of the molecule is CCOC(=O)/C=C/c1c(Cl)n(-c2ccccc2)c2ccccc12. The molecular weight excluding hydrogens is 310 g/mol. The Morgan fingerprint density at radius 1 is 1.13 bits per heavy atom. The van der Waals surface area contributed by atoms with Crippen LogP contribution in [0, 0.1) is 0 Å². The molecule has 3 aromatic rings. The first-order chi connectivity index (χ1) is 11.2. The van der Waals surface area contributed by atoms with E-state index in [-0.39, 0.29) is 5.97 Å². The lowest BCUT2D eigenvalue weighted by molar-refractivity contribution is -0.137. The summed E-state index contributed by atoms with van der Waals surface area (Å²) in [6.45, 7) is 2.13. The largest absolute Gasteiger partial charge is 0.463 e. The Kier molecular flexibility index (Phi) is 4.49. The van der Waals surface area contributed by atoms with Crippen molar-refractivity contribution in [1.82, 2.24) is 4.57 Å². The van der Waals surface area contributed by atoms with Crippen LogP contribution in [0.4, 0.5) is 0 Å². The zero-order valence-electron chi connectivity index (χ0n) is 12.7. The van der Waals surface area contributed by atoms with Crippen LogP contribution in [0.3, 0.4) is 0 Å². The predicted molar refractivity (Wildman–Crippen MR) is 94.0 cm³/mol. The highest BCUT2D eigenvalue weighted by Crippen LogP contribution is 2.33. The van der Waals surface area contributed by atoms with Gasteiger partial charge in [-0.2, -0.15) is 0 Å². The van der Waals surface area contributed by atoms with Crippen molar-refractivity contribution in [1.29, 1.82) is 0 Å². The van der Waals surface area contributed by atoms with Crippen LogP contribution in [0.25, 0.3) is 22.7 Å². The average Bonchev–Trinajstić information content (AvgIpc) is 2.85. The molecule has 0 bridgehead atoms. The van der Waals surface area contributed by atoms with E-state index in [0.717, 1.165) is 22.2 Å². The lowest BCUT2D eigenvalue weighted by Crippen LogP contribution is -1.98. The molecule has 1 aromatic heterocycles. The number of esters is 1. The summed E-state index contributed by atoms with van der Waals surface area (Å²) in [4.78, 5) is 11.6. The number of aromatic nitrogens is 1. The topological polar surface area (TPSA) is 31.2 Å². The zero-order chi connectivity index (χ0) is 16.2. The van der Waals surface area contributed by atoms with E-state index < -0.39 is 0 Å². The molecule has 0 N–H and O–H groups in total. The van der Waals surface area contributed by atoms with Gasteiger partial charge in [0.25, 0.3) is 0 Å². The number of hydrogen-bond donors (Lipinski definition) is 0. The number of para-hydroxylation sites is 2. The van der Waals surface area contributed by atoms with E-state index in [1.807, 2.05) is 59.2 Å². The highest BCUT2D eigenvalue weighted by Gasteiger charge is 2.14. The van der Waals surface area contributed by atoms with Crippen LogP contribution in [0.2, 0.25) is 5.15 Å². The Labute approximate surface area is 139 Å². The molecule has 0 radical (unpaired) electrons. The van der Waals surface area contributed by atoms with Gasteiger partial charge in [-0.05, 0) is 31.2 Å². The molecule has 0 saturated heterocycles. The summed E-state index contributed by atoms with van der Waals surface area (Å²) in [6.07, 6.45) is 3.12. The van der Waals surface area contributed by atoms with E-state index in [1.165, 1.54) is 6.08 Å². The van der Waals surface area contributed by atoms with E-state index in [2.05, 4.69) is 0 Å². The normalized spacial score (nSPS) is 11.2. The molecule has 0 unspecified atom stereocenters. The van der Waals surface area contributed by atoms with Gasteiger partial charge in [0, 0.05) is 22.7 Å². The average molecular weight is 326 g/mol. The second-order valence-corrected chi connectivity index (χ2v) is 5.34. The highest BCUT2D eigenvalue weighted by molar-refractivity contribution is 6.33. The maximum absolute atomic E-state index is 11.6. The minimum absolute atomic E-state index is 0.350. The summed E-state index contributed by atoms with van der Waals surface area (Å²) in [5.41, 5.74) is 2.77. The number of fused-ring (bicyclic) bond motifs is 1. The summed E-state index contributed by atoms with van der Waals surface area (Å²) in [5.74, 6) is -0.375. The summed E-state index contributed by atoms with van der Waals surface area (Å²) < 4.78 is 6.91. The number of benzene rings is 2. The number of rotatable bonds is 4. The molecule has 0 spiro atoms. The van der Waals surface area contributed by atoms with Crippen molar-refractivity contribution in [3.8, 4) is 5.69 Å². The highest BCUT2D eigenvalue weighted by atomic mass is 35.5. The van der Waals surface area contributed by atoms with Gasteiger partial charge in [-0.25, -0.2) is 4.79 Å². The fraction of sp³-hybridized carbons (Fsp3) is 0.105. The Morgan fingerprint density at radius 2 is 1.83 bits per heavy atom. The summed E-state index contributed by atoms with van der Waals surface area (Å²) in [6, 6.07) is 17.8. The number of ether oxygens (including phenoxy) is 1. The molecule has 0 saturated carbocycles. The first-order valence-corrected chi connectivity index (χ1v) is 7.79. The predicted octanol–water partition coefficient (Wildman–Crippen LogP) is 4.86. The van der Waals surface area contributed by atoms with Crippen molar-refractivity contribution in [3.05, 3.63) is 71.4 Å². The molecule has 116 valence electrons. The van der Waals surface area contributed by atoms with Crippen molar-refractivity contribution in [2.45, 2.75) is 6.92 Å². The van der Waals surface area contributed by atoms with E-state index in [9.17, 15) is 4.79 Å². The minimum Gasteiger partial charge on any atom is -0.463 e. The molecule has 0 aliphatic heterocycles. The Bertz CT molecular complexity index is 866. The number of halogens is 1. The maximum atomic E-state index is 11.6. The molecule has 3 nitrogen and oxygen atoms in total. The van der Waals surface area contributed by atoms with Gasteiger partial charge in [-0.3, -0.25) is 4.57 Å². The van der Waals surface area contributed by atoms with Crippen molar-refractivity contribution >= 4 is 34.5 Å². The van der Waals surface area contributed by atoms with Gasteiger partial charge >= 0.3 is 5.97 Å². The second-order valence-electron chi connectivity index (χ2n) is 4.98. The number of carbonyl (C=O) groups excluding carboxylic acids is 1. The van der Waals surface area contributed by atoms with E-state index >= 15 is 0 Å². The number of hydrogen-bond acceptors (Lipinski definition) is 2. The summed E-state index contributed by atoms with van der Waals surface area (Å²) >= 11 is 6.61. The molecular formula is C19H16ClNO2. The van der Waals surface area contributed by atoms with Crippen LogP contribution in [-0.4, -0.2) is 17.1 Å². The molecule has 0 amide bonds. The minimum atomic E-state index is -0.375. The first-order valence-electron chi connectivity index (χ1n) is 7.41. The monoisotopic (exact) mass is 325 g/mol. The standard InChI is InChI=1S/C19H16ClNO2/c1-2-23-18(22)13-12-16-15-10-6-7-11-17(15)21(19(16)20)14-8-4-3-5-9-14/h3-13H,2H2,1H3/b13-12+. The van der Waals surface area contributed by atoms with Crippen LogP contribution in [0.5, 0.6) is 0 Å². The molecule has 2 aromatic carbocycles. The van der Waals surface area contributed by atoms with Crippen molar-refractivity contribution in [2.75, 3.05) is 6.61 Å². The molecule has 0 atom stereocenters. The lowest BCUT2D eigenvalue weighted by Gasteiger charge is -2.06. The van der Waals surface area contributed by atoms with Crippen LogP contribution >= 0.6 is 11.6 Å². The molecule has 0 aliphatic carbocycles. The van der Waals surface area contributed by atoms with Crippen LogP contribution in [-0.2, 0) is 9.53 Å². The van der Waals surface area contributed by atoms with Gasteiger partial charge in [-0.15, -0.1) is 0 Å². The van der Waals surface area contributed by atoms with Crippen molar-refractivity contribution < 1.29 is 9.53 Å². The Balaban J connectivity index is 2.16. The third-order valence-electron chi connectivity index (χ3n) is 3.54. The zero-order valence-corrected chi connectivity index (χ0v) is 13.5. The van der Waals surface area contributed by atoms with Gasteiger partial charge in [0.05, 0.1) is 12.1 Å². The fourth-order valence-corrected chi connectivity index (χ4v) is 2.92. The number of nitrogens with zero attached hydrogens (tertiary/aromatic N) is 1. The van der Waals surface area contributed by atoms with Gasteiger partial charge in [0.15, 0.2) is 0 Å². The molecule has 1 heterocycles. The third-order valence-corrected chi connectivity index (χ3v) is 3.91. The smallest absolute Gasteiger partial charge is 0.330 e. The van der Waals surface area contributed by atoms with Crippen LogP contribution < -0.4 is 0 Å². The molecule has 23 heavy (non-hydrogen) atoms. The van der Waals surface area contributed by atoms with E-state index in [4.69, 9.17) is 16.3 Å². The first kappa shape index (κ1) is 15.4. The van der Waals surface area contributed by atoms with E-state index in [0.29, 0.717) is 11.8 Å². The summed E-state index contributed by atoms with van der Waals surface area (Å²) in [7, 11) is 0. The molecule has 0 aliphatic rings. The van der Waals surface area contributed by atoms with Gasteiger partial charge in [-0.1, -0.05) is 48.0 Å². The third kappa shape index (κ3) is 3.01. The number of carbonyl (C=O) groups is 1. The Morgan fingerprint density at radius 3 is 2.57 bits per heavy atom. The second kappa shape index (κ2) is 6.71. The maximum Gasteiger partial charge on any atom is 0.330 e. The quantitative estimate of drug-likeness (QED) is 0.506.